The Morgan fingerprint density at radius 2 is 1.94 bits per heavy atom. The van der Waals surface area contributed by atoms with Gasteiger partial charge in [0.05, 0.1) is 5.02 Å². The zero-order valence-corrected chi connectivity index (χ0v) is 11.9. The molecule has 0 fully saturated rings. The largest absolute Gasteiger partial charge is 0.298 e. The van der Waals surface area contributed by atoms with Gasteiger partial charge in [-0.2, -0.15) is 0 Å². The highest BCUT2D eigenvalue weighted by Crippen LogP contribution is 2.24. The van der Waals surface area contributed by atoms with E-state index in [1.807, 2.05) is 0 Å². The molecule has 0 aliphatic carbocycles. The van der Waals surface area contributed by atoms with Gasteiger partial charge in [-0.25, -0.2) is 12.8 Å². The third kappa shape index (κ3) is 2.90. The molecule has 0 unspecified atom stereocenters. The van der Waals surface area contributed by atoms with Crippen molar-refractivity contribution in [3.05, 3.63) is 34.6 Å². The first-order chi connectivity index (χ1) is 8.07. The fourth-order valence-electron chi connectivity index (χ4n) is 1.28. The van der Waals surface area contributed by atoms with Gasteiger partial charge < -0.3 is 0 Å². The van der Waals surface area contributed by atoms with Crippen molar-refractivity contribution < 1.29 is 17.6 Å². The number of hydrogen-bond acceptors (Lipinski definition) is 3. The van der Waals surface area contributed by atoms with Crippen LogP contribution in [0.3, 0.4) is 0 Å². The van der Waals surface area contributed by atoms with Gasteiger partial charge in [-0.3, -0.25) is 4.79 Å². The predicted octanol–water partition coefficient (Wildman–Crippen LogP) is 2.41. The minimum Gasteiger partial charge on any atom is -0.298 e. The molecule has 100 valence electrons. The summed E-state index contributed by atoms with van der Waals surface area (Å²) in [6, 6.07) is 4.11. The van der Waals surface area contributed by atoms with Gasteiger partial charge in [0.25, 0.3) is 0 Å². The van der Waals surface area contributed by atoms with E-state index in [9.17, 15) is 17.6 Å². The molecule has 0 amide bonds. The lowest BCUT2D eigenvalue weighted by Crippen LogP contribution is -2.41. The quantitative estimate of drug-likeness (QED) is 0.856. The van der Waals surface area contributed by atoms with Crippen molar-refractivity contribution >= 4 is 27.2 Å². The summed E-state index contributed by atoms with van der Waals surface area (Å²) < 4.78 is 34.7. The zero-order valence-electron chi connectivity index (χ0n) is 10.3. The van der Waals surface area contributed by atoms with Gasteiger partial charge in [0.1, 0.15) is 10.6 Å². The van der Waals surface area contributed by atoms with Crippen molar-refractivity contribution in [2.45, 2.75) is 25.0 Å². The van der Waals surface area contributed by atoms with Gasteiger partial charge in [0, 0.05) is 12.7 Å². The van der Waals surface area contributed by atoms with Crippen LogP contribution in [0.2, 0.25) is 5.02 Å². The number of hydrogen-bond donors (Lipinski definition) is 0. The first-order valence-electron chi connectivity index (χ1n) is 5.23. The van der Waals surface area contributed by atoms with Crippen LogP contribution in [-0.4, -0.2) is 25.2 Å². The molecule has 0 spiro atoms. The number of sulfone groups is 1. The fraction of sp³-hybridized carbons (Fsp3) is 0.417. The zero-order chi connectivity index (χ0) is 14.1. The van der Waals surface area contributed by atoms with Crippen molar-refractivity contribution in [3.63, 3.8) is 0 Å². The molecule has 0 aromatic heterocycles. The smallest absolute Gasteiger partial charge is 0.159 e. The Kier molecular flexibility index (Phi) is 4.18. The molecule has 1 aromatic carbocycles. The third-order valence-corrected chi connectivity index (χ3v) is 5.49. The molecule has 0 heterocycles. The lowest BCUT2D eigenvalue weighted by Gasteiger charge is -2.21. The number of halogens is 2. The Balaban J connectivity index is 3.06. The van der Waals surface area contributed by atoms with Crippen LogP contribution in [0.15, 0.2) is 18.2 Å². The SMILES string of the molecule is CC(C)(C(=O)Cc1cccc(F)c1Cl)S(C)(=O)=O. The van der Waals surface area contributed by atoms with E-state index in [4.69, 9.17) is 11.6 Å². The van der Waals surface area contributed by atoms with Gasteiger partial charge in [-0.1, -0.05) is 23.7 Å². The van der Waals surface area contributed by atoms with Crippen LogP contribution >= 0.6 is 11.6 Å². The second-order valence-corrected chi connectivity index (χ2v) is 7.54. The molecule has 0 aliphatic heterocycles. The Hall–Kier alpha value is -0.940. The van der Waals surface area contributed by atoms with E-state index < -0.39 is 26.2 Å². The molecule has 0 N–H and O–H groups in total. The van der Waals surface area contributed by atoms with Crippen LogP contribution in [0.25, 0.3) is 0 Å². The van der Waals surface area contributed by atoms with Gasteiger partial charge in [0.2, 0.25) is 0 Å². The minimum atomic E-state index is -3.53. The highest BCUT2D eigenvalue weighted by molar-refractivity contribution is 7.92. The van der Waals surface area contributed by atoms with Gasteiger partial charge in [-0.15, -0.1) is 0 Å². The van der Waals surface area contributed by atoms with E-state index in [1.54, 1.807) is 0 Å². The van der Waals surface area contributed by atoms with Gasteiger partial charge in [-0.05, 0) is 25.5 Å². The van der Waals surface area contributed by atoms with E-state index in [-0.39, 0.29) is 11.4 Å². The van der Waals surface area contributed by atoms with Crippen molar-refractivity contribution in [2.24, 2.45) is 0 Å². The van der Waals surface area contributed by atoms with Crippen LogP contribution in [-0.2, 0) is 21.1 Å². The van der Waals surface area contributed by atoms with E-state index >= 15 is 0 Å². The number of ketones is 1. The summed E-state index contributed by atoms with van der Waals surface area (Å²) in [7, 11) is -3.53. The Bertz CT molecular complexity index is 579. The lowest BCUT2D eigenvalue weighted by molar-refractivity contribution is -0.120. The van der Waals surface area contributed by atoms with E-state index in [2.05, 4.69) is 0 Å². The van der Waals surface area contributed by atoms with E-state index in [1.165, 1.54) is 32.0 Å². The second-order valence-electron chi connectivity index (χ2n) is 4.60. The van der Waals surface area contributed by atoms with Crippen LogP contribution in [0, 0.1) is 5.82 Å². The molecule has 0 radical (unpaired) electrons. The Labute approximate surface area is 111 Å². The summed E-state index contributed by atoms with van der Waals surface area (Å²) in [5.41, 5.74) is 0.290. The predicted molar refractivity (Wildman–Crippen MR) is 69.0 cm³/mol. The molecule has 0 atom stereocenters. The molecule has 1 aromatic rings. The summed E-state index contributed by atoms with van der Waals surface area (Å²) >= 11 is 5.72. The van der Waals surface area contributed by atoms with Crippen LogP contribution in [0.1, 0.15) is 19.4 Å². The fourth-order valence-corrected chi connectivity index (χ4v) is 1.96. The maximum absolute atomic E-state index is 13.2. The molecule has 1 rings (SSSR count). The summed E-state index contributed by atoms with van der Waals surface area (Å²) in [5, 5.41) is -0.143. The minimum absolute atomic E-state index is 0.143. The van der Waals surface area contributed by atoms with Gasteiger partial charge in [0.15, 0.2) is 15.6 Å². The summed E-state index contributed by atoms with van der Waals surface area (Å²) in [6.45, 7) is 2.66. The van der Waals surface area contributed by atoms with Gasteiger partial charge >= 0.3 is 0 Å². The Morgan fingerprint density at radius 3 is 2.44 bits per heavy atom. The average Bonchev–Trinajstić information content (AvgIpc) is 2.23. The summed E-state index contributed by atoms with van der Waals surface area (Å²) in [6.07, 6.45) is 0.786. The number of benzene rings is 1. The highest BCUT2D eigenvalue weighted by atomic mass is 35.5. The van der Waals surface area contributed by atoms with Crippen molar-refractivity contribution in [2.75, 3.05) is 6.26 Å². The molecule has 6 heteroatoms. The Morgan fingerprint density at radius 1 is 1.39 bits per heavy atom. The second kappa shape index (κ2) is 4.97. The number of carbonyl (C=O) groups excluding carboxylic acids is 1. The van der Waals surface area contributed by atoms with Crippen molar-refractivity contribution in [1.29, 1.82) is 0 Å². The monoisotopic (exact) mass is 292 g/mol. The molecule has 0 bridgehead atoms. The van der Waals surface area contributed by atoms with E-state index in [0.29, 0.717) is 5.56 Å². The first kappa shape index (κ1) is 15.1. The molecule has 0 saturated carbocycles. The average molecular weight is 293 g/mol. The number of rotatable bonds is 4. The topological polar surface area (TPSA) is 51.2 Å². The summed E-state index contributed by atoms with van der Waals surface area (Å²) in [5.74, 6) is -1.14. The standard InChI is InChI=1S/C12H14ClFO3S/c1-12(2,18(3,16)17)10(15)7-8-5-4-6-9(14)11(8)13/h4-6H,7H2,1-3H3. The third-order valence-electron chi connectivity index (χ3n) is 2.98. The van der Waals surface area contributed by atoms with Crippen molar-refractivity contribution in [3.8, 4) is 0 Å². The maximum Gasteiger partial charge on any atom is 0.159 e. The molecule has 3 nitrogen and oxygen atoms in total. The maximum atomic E-state index is 13.2. The molecule has 18 heavy (non-hydrogen) atoms. The lowest BCUT2D eigenvalue weighted by atomic mass is 10.00. The molecular formula is C12H14ClFO3S. The first-order valence-corrected chi connectivity index (χ1v) is 7.50. The number of carbonyl (C=O) groups is 1. The van der Waals surface area contributed by atoms with Crippen LogP contribution < -0.4 is 0 Å². The van der Waals surface area contributed by atoms with Crippen LogP contribution in [0.4, 0.5) is 4.39 Å². The highest BCUT2D eigenvalue weighted by Gasteiger charge is 2.38. The molecule has 0 aliphatic rings. The molecular weight excluding hydrogens is 279 g/mol. The summed E-state index contributed by atoms with van der Waals surface area (Å²) in [4.78, 5) is 12.0. The number of Topliss-reactive ketones (excluding diaryl/α,β-unsaturated/α-hetero) is 1. The van der Waals surface area contributed by atoms with E-state index in [0.717, 1.165) is 6.26 Å². The van der Waals surface area contributed by atoms with Crippen LogP contribution in [0.5, 0.6) is 0 Å². The molecule has 0 saturated heterocycles. The normalized spacial score (nSPS) is 12.5. The van der Waals surface area contributed by atoms with Crippen molar-refractivity contribution in [1.82, 2.24) is 0 Å².